The lowest BCUT2D eigenvalue weighted by Gasteiger charge is -2.08. The van der Waals surface area contributed by atoms with E-state index in [1.165, 1.54) is 6.92 Å². The lowest BCUT2D eigenvalue weighted by Crippen LogP contribution is -2.21. The second-order valence-electron chi connectivity index (χ2n) is 6.43. The third kappa shape index (κ3) is 5.24. The van der Waals surface area contributed by atoms with E-state index in [0.717, 1.165) is 5.39 Å². The second kappa shape index (κ2) is 9.71. The number of hydrogen-bond donors (Lipinski definition) is 2. The zero-order valence-corrected chi connectivity index (χ0v) is 16.7. The van der Waals surface area contributed by atoms with Gasteiger partial charge in [-0.15, -0.1) is 0 Å². The normalized spacial score (nSPS) is 10.6. The van der Waals surface area contributed by atoms with Crippen molar-refractivity contribution in [1.29, 1.82) is 0 Å². The van der Waals surface area contributed by atoms with Crippen LogP contribution in [0.2, 0.25) is 0 Å². The molecular formula is C22H22N2O6. The number of hydrogen-bond acceptors (Lipinski definition) is 6. The monoisotopic (exact) mass is 410 g/mol. The summed E-state index contributed by atoms with van der Waals surface area (Å²) in [6.07, 6.45) is 0. The highest BCUT2D eigenvalue weighted by atomic mass is 16.5. The largest absolute Gasteiger partial charge is 0.450 e. The molecular weight excluding hydrogens is 388 g/mol. The van der Waals surface area contributed by atoms with Gasteiger partial charge >= 0.3 is 5.97 Å². The summed E-state index contributed by atoms with van der Waals surface area (Å²) in [5, 5.41) is 6.00. The van der Waals surface area contributed by atoms with Crippen LogP contribution in [0.4, 0.5) is 11.4 Å². The zero-order chi connectivity index (χ0) is 21.5. The minimum atomic E-state index is -0.747. The molecule has 3 aromatic rings. The molecule has 30 heavy (non-hydrogen) atoms. The summed E-state index contributed by atoms with van der Waals surface area (Å²) in [7, 11) is 0. The predicted octanol–water partition coefficient (Wildman–Crippen LogP) is 3.72. The maximum absolute atomic E-state index is 12.5. The van der Waals surface area contributed by atoms with Crippen LogP contribution in [0.25, 0.3) is 11.0 Å². The van der Waals surface area contributed by atoms with E-state index in [1.54, 1.807) is 36.4 Å². The summed E-state index contributed by atoms with van der Waals surface area (Å²) in [5.41, 5.74) is 2.13. The maximum atomic E-state index is 12.5. The molecule has 0 fully saturated rings. The van der Waals surface area contributed by atoms with Crippen molar-refractivity contribution in [3.05, 3.63) is 59.9 Å². The number of anilines is 2. The van der Waals surface area contributed by atoms with Crippen LogP contribution < -0.4 is 10.6 Å². The zero-order valence-electron chi connectivity index (χ0n) is 16.7. The summed E-state index contributed by atoms with van der Waals surface area (Å²) in [6, 6.07) is 13.8. The Kier molecular flexibility index (Phi) is 6.82. The number of amides is 2. The number of ether oxygens (including phenoxy) is 2. The topological polar surface area (TPSA) is 107 Å². The van der Waals surface area contributed by atoms with E-state index in [4.69, 9.17) is 13.9 Å². The number of benzene rings is 2. The molecule has 2 amide bonds. The van der Waals surface area contributed by atoms with Crippen molar-refractivity contribution in [2.75, 3.05) is 23.8 Å². The minimum Gasteiger partial charge on any atom is -0.450 e. The Morgan fingerprint density at radius 1 is 1.00 bits per heavy atom. The van der Waals surface area contributed by atoms with Crippen molar-refractivity contribution in [3.63, 3.8) is 0 Å². The van der Waals surface area contributed by atoms with Gasteiger partial charge in [0.25, 0.3) is 5.91 Å². The molecule has 8 heteroatoms. The molecule has 156 valence electrons. The van der Waals surface area contributed by atoms with Crippen LogP contribution in [0, 0.1) is 0 Å². The average molecular weight is 410 g/mol. The van der Waals surface area contributed by atoms with Gasteiger partial charge < -0.3 is 24.5 Å². The number of nitrogens with one attached hydrogen (secondary N) is 2. The quantitative estimate of drug-likeness (QED) is 0.548. The second-order valence-corrected chi connectivity index (χ2v) is 6.43. The van der Waals surface area contributed by atoms with Gasteiger partial charge in [0, 0.05) is 35.9 Å². The maximum Gasteiger partial charge on any atom is 0.375 e. The van der Waals surface area contributed by atoms with E-state index >= 15 is 0 Å². The lowest BCUT2D eigenvalue weighted by atomic mass is 10.1. The fourth-order valence-electron chi connectivity index (χ4n) is 2.88. The number of para-hydroxylation sites is 1. The van der Waals surface area contributed by atoms with Crippen molar-refractivity contribution in [2.45, 2.75) is 20.5 Å². The predicted molar refractivity (Wildman–Crippen MR) is 111 cm³/mol. The Hall–Kier alpha value is -3.65. The van der Waals surface area contributed by atoms with E-state index in [2.05, 4.69) is 10.6 Å². The molecule has 1 aromatic heterocycles. The van der Waals surface area contributed by atoms with Gasteiger partial charge in [-0.25, -0.2) is 4.79 Å². The van der Waals surface area contributed by atoms with E-state index in [9.17, 15) is 14.4 Å². The fraction of sp³-hybridized carbons (Fsp3) is 0.227. The van der Waals surface area contributed by atoms with Crippen LogP contribution in [0.1, 0.15) is 30.0 Å². The third-order valence-corrected chi connectivity index (χ3v) is 4.14. The highest BCUT2D eigenvalue weighted by Gasteiger charge is 2.22. The summed E-state index contributed by atoms with van der Waals surface area (Å²) < 4.78 is 16.2. The Bertz CT molecular complexity index is 1070. The summed E-state index contributed by atoms with van der Waals surface area (Å²) >= 11 is 0. The highest BCUT2D eigenvalue weighted by Crippen LogP contribution is 2.27. The van der Waals surface area contributed by atoms with Crippen LogP contribution in [0.3, 0.4) is 0 Å². The summed E-state index contributed by atoms with van der Waals surface area (Å²) in [4.78, 5) is 35.9. The molecule has 2 N–H and O–H groups in total. The van der Waals surface area contributed by atoms with Crippen LogP contribution in [0.5, 0.6) is 0 Å². The van der Waals surface area contributed by atoms with Crippen molar-refractivity contribution in [1.82, 2.24) is 0 Å². The van der Waals surface area contributed by atoms with Crippen LogP contribution >= 0.6 is 0 Å². The number of carbonyl (C=O) groups excluding carboxylic acids is 3. The van der Waals surface area contributed by atoms with Crippen molar-refractivity contribution < 1.29 is 28.3 Å². The number of fused-ring (bicyclic) bond motifs is 1. The molecule has 0 saturated carbocycles. The molecule has 1 heterocycles. The molecule has 0 spiro atoms. The molecule has 0 unspecified atom stereocenters. The Morgan fingerprint density at radius 3 is 2.47 bits per heavy atom. The van der Waals surface area contributed by atoms with Gasteiger partial charge in [0.1, 0.15) is 5.58 Å². The Morgan fingerprint density at radius 2 is 1.73 bits per heavy atom. The van der Waals surface area contributed by atoms with Crippen molar-refractivity contribution in [3.8, 4) is 0 Å². The van der Waals surface area contributed by atoms with Gasteiger partial charge in [0.15, 0.2) is 6.61 Å². The molecule has 0 aliphatic carbocycles. The van der Waals surface area contributed by atoms with Gasteiger partial charge in [-0.05, 0) is 31.2 Å². The number of carbonyl (C=O) groups is 3. The minimum absolute atomic E-state index is 0.0186. The van der Waals surface area contributed by atoms with Crippen molar-refractivity contribution in [2.24, 2.45) is 0 Å². The smallest absolute Gasteiger partial charge is 0.375 e. The van der Waals surface area contributed by atoms with Gasteiger partial charge in [0.05, 0.1) is 6.61 Å². The fourth-order valence-corrected chi connectivity index (χ4v) is 2.88. The standard InChI is InChI=1S/C22H22N2O6/c1-3-28-12-18-17-9-4-5-10-19(17)30-21(18)22(27)29-13-20(26)24-16-8-6-7-15(11-16)23-14(2)25/h4-11H,3,12-13H2,1-2H3,(H,23,25)(H,24,26). The molecule has 2 aromatic carbocycles. The van der Waals surface area contributed by atoms with Gasteiger partial charge in [-0.2, -0.15) is 0 Å². The first-order chi connectivity index (χ1) is 14.5. The lowest BCUT2D eigenvalue weighted by molar-refractivity contribution is -0.119. The average Bonchev–Trinajstić information content (AvgIpc) is 3.09. The number of rotatable bonds is 8. The van der Waals surface area contributed by atoms with E-state index in [0.29, 0.717) is 29.1 Å². The molecule has 8 nitrogen and oxygen atoms in total. The number of furan rings is 1. The first-order valence-electron chi connectivity index (χ1n) is 9.40. The number of esters is 1. The first-order valence-corrected chi connectivity index (χ1v) is 9.40. The SMILES string of the molecule is CCOCc1c(C(=O)OCC(=O)Nc2cccc(NC(C)=O)c2)oc2ccccc12. The molecule has 0 aliphatic rings. The summed E-state index contributed by atoms with van der Waals surface area (Å²) in [5.74, 6) is -1.47. The Balaban J connectivity index is 1.65. The first kappa shape index (κ1) is 21.1. The molecule has 0 aliphatic heterocycles. The van der Waals surface area contributed by atoms with Crippen LogP contribution in [-0.4, -0.2) is 31.0 Å². The molecule has 0 saturated heterocycles. The molecule has 3 rings (SSSR count). The van der Waals surface area contributed by atoms with Crippen molar-refractivity contribution >= 4 is 40.1 Å². The highest BCUT2D eigenvalue weighted by molar-refractivity contribution is 5.98. The van der Waals surface area contributed by atoms with Gasteiger partial charge in [0.2, 0.25) is 11.7 Å². The van der Waals surface area contributed by atoms with Gasteiger partial charge in [-0.3, -0.25) is 9.59 Å². The third-order valence-electron chi connectivity index (χ3n) is 4.14. The summed E-state index contributed by atoms with van der Waals surface area (Å²) in [6.45, 7) is 3.43. The van der Waals surface area contributed by atoms with Gasteiger partial charge in [-0.1, -0.05) is 24.3 Å². The molecule has 0 radical (unpaired) electrons. The van der Waals surface area contributed by atoms with E-state index in [1.807, 2.05) is 19.1 Å². The van der Waals surface area contributed by atoms with E-state index < -0.39 is 18.5 Å². The van der Waals surface area contributed by atoms with Crippen LogP contribution in [0.15, 0.2) is 52.9 Å². The molecule has 0 atom stereocenters. The Labute approximate surface area is 173 Å². The van der Waals surface area contributed by atoms with E-state index in [-0.39, 0.29) is 18.3 Å². The van der Waals surface area contributed by atoms with Crippen LogP contribution in [-0.2, 0) is 25.7 Å². The molecule has 0 bridgehead atoms.